The molecule has 0 atom stereocenters. The molecule has 0 bridgehead atoms. The molecule has 3 aromatic rings. The highest BCUT2D eigenvalue weighted by atomic mass is 16.5. The van der Waals surface area contributed by atoms with Crippen LogP contribution in [0.5, 0.6) is 11.5 Å². The summed E-state index contributed by atoms with van der Waals surface area (Å²) in [5.41, 5.74) is 2.67. The largest absolute Gasteiger partial charge is 0.493 e. The van der Waals surface area contributed by atoms with Crippen molar-refractivity contribution in [1.29, 1.82) is 0 Å². The van der Waals surface area contributed by atoms with Crippen molar-refractivity contribution >= 4 is 5.91 Å². The third-order valence-corrected chi connectivity index (χ3v) is 4.44. The van der Waals surface area contributed by atoms with Crippen LogP contribution in [0, 0.1) is 6.92 Å². The summed E-state index contributed by atoms with van der Waals surface area (Å²) in [7, 11) is 5.02. The lowest BCUT2D eigenvalue weighted by molar-refractivity contribution is -0.121. The van der Waals surface area contributed by atoms with Crippen LogP contribution in [0.3, 0.4) is 0 Å². The molecule has 0 spiro atoms. The van der Waals surface area contributed by atoms with Crippen LogP contribution in [-0.2, 0) is 24.7 Å². The van der Waals surface area contributed by atoms with E-state index in [9.17, 15) is 4.79 Å². The number of amides is 1. The van der Waals surface area contributed by atoms with E-state index in [1.54, 1.807) is 18.9 Å². The second-order valence-corrected chi connectivity index (χ2v) is 6.58. The average Bonchev–Trinajstić information content (AvgIpc) is 3.31. The van der Waals surface area contributed by atoms with Crippen molar-refractivity contribution in [3.8, 4) is 23.1 Å². The van der Waals surface area contributed by atoms with Gasteiger partial charge in [-0.3, -0.25) is 9.48 Å². The van der Waals surface area contributed by atoms with Crippen LogP contribution in [0.25, 0.3) is 11.6 Å². The first kappa shape index (κ1) is 20.4. The maximum atomic E-state index is 12.1. The maximum Gasteiger partial charge on any atom is 0.265 e. The molecule has 9 heteroatoms. The minimum Gasteiger partial charge on any atom is -0.493 e. The smallest absolute Gasteiger partial charge is 0.265 e. The van der Waals surface area contributed by atoms with Crippen molar-refractivity contribution in [2.45, 2.75) is 26.2 Å². The standard InChI is InChI=1S/C20H25N5O4/c1-13-11-15(25(2)24-13)20-23-22-19(29-20)8-7-18(26)21-10-9-14-5-6-16(27-3)17(12-14)28-4/h5-6,11-12H,7-10H2,1-4H3,(H,21,26). The van der Waals surface area contributed by atoms with E-state index in [1.165, 1.54) is 0 Å². The van der Waals surface area contributed by atoms with Gasteiger partial charge in [0.15, 0.2) is 11.5 Å². The molecule has 0 aliphatic heterocycles. The fraction of sp³-hybridized carbons (Fsp3) is 0.400. The van der Waals surface area contributed by atoms with Gasteiger partial charge in [0, 0.05) is 26.4 Å². The van der Waals surface area contributed by atoms with Gasteiger partial charge in [-0.1, -0.05) is 6.07 Å². The summed E-state index contributed by atoms with van der Waals surface area (Å²) < 4.78 is 17.9. The number of rotatable bonds is 9. The van der Waals surface area contributed by atoms with Crippen LogP contribution in [0.4, 0.5) is 0 Å². The number of benzene rings is 1. The van der Waals surface area contributed by atoms with Gasteiger partial charge in [-0.25, -0.2) is 0 Å². The molecule has 0 aliphatic carbocycles. The van der Waals surface area contributed by atoms with E-state index in [0.29, 0.717) is 42.7 Å². The molecule has 0 saturated carbocycles. The second-order valence-electron chi connectivity index (χ2n) is 6.58. The zero-order valence-electron chi connectivity index (χ0n) is 17.1. The van der Waals surface area contributed by atoms with Crippen LogP contribution >= 0.6 is 0 Å². The summed E-state index contributed by atoms with van der Waals surface area (Å²) >= 11 is 0. The number of aromatic nitrogens is 4. The molecular formula is C20H25N5O4. The van der Waals surface area contributed by atoms with Gasteiger partial charge in [0.2, 0.25) is 11.8 Å². The Morgan fingerprint density at radius 3 is 2.62 bits per heavy atom. The van der Waals surface area contributed by atoms with Crippen molar-refractivity contribution in [2.24, 2.45) is 7.05 Å². The first-order chi connectivity index (χ1) is 14.0. The van der Waals surface area contributed by atoms with Gasteiger partial charge in [-0.15, -0.1) is 10.2 Å². The molecule has 29 heavy (non-hydrogen) atoms. The lowest BCUT2D eigenvalue weighted by Gasteiger charge is -2.10. The van der Waals surface area contributed by atoms with Crippen LogP contribution in [0.2, 0.25) is 0 Å². The summed E-state index contributed by atoms with van der Waals surface area (Å²) in [4.78, 5) is 12.1. The number of nitrogens with zero attached hydrogens (tertiary/aromatic N) is 4. The molecule has 9 nitrogen and oxygen atoms in total. The Morgan fingerprint density at radius 2 is 1.93 bits per heavy atom. The predicted molar refractivity (Wildman–Crippen MR) is 106 cm³/mol. The minimum absolute atomic E-state index is 0.0680. The summed E-state index contributed by atoms with van der Waals surface area (Å²) in [6, 6.07) is 7.59. The fourth-order valence-electron chi connectivity index (χ4n) is 2.96. The van der Waals surface area contributed by atoms with Gasteiger partial charge in [0.05, 0.1) is 19.9 Å². The van der Waals surface area contributed by atoms with Crippen LogP contribution < -0.4 is 14.8 Å². The predicted octanol–water partition coefficient (Wildman–Crippen LogP) is 2.09. The Hall–Kier alpha value is -3.36. The molecule has 1 N–H and O–H groups in total. The van der Waals surface area contributed by atoms with E-state index in [4.69, 9.17) is 13.9 Å². The second kappa shape index (κ2) is 9.22. The van der Waals surface area contributed by atoms with Crippen LogP contribution in [0.15, 0.2) is 28.7 Å². The average molecular weight is 399 g/mol. The van der Waals surface area contributed by atoms with Crippen molar-refractivity contribution < 1.29 is 18.7 Å². The van der Waals surface area contributed by atoms with E-state index < -0.39 is 0 Å². The highest BCUT2D eigenvalue weighted by Gasteiger charge is 2.14. The first-order valence-electron chi connectivity index (χ1n) is 9.31. The molecule has 2 heterocycles. The lowest BCUT2D eigenvalue weighted by Crippen LogP contribution is -2.25. The molecule has 1 amide bonds. The molecular weight excluding hydrogens is 374 g/mol. The Morgan fingerprint density at radius 1 is 1.14 bits per heavy atom. The summed E-state index contributed by atoms with van der Waals surface area (Å²) in [6.45, 7) is 2.42. The van der Waals surface area contributed by atoms with Gasteiger partial charge < -0.3 is 19.2 Å². The normalized spacial score (nSPS) is 10.8. The van der Waals surface area contributed by atoms with Crippen molar-refractivity contribution in [2.75, 3.05) is 20.8 Å². The lowest BCUT2D eigenvalue weighted by atomic mass is 10.1. The number of carbonyl (C=O) groups is 1. The topological polar surface area (TPSA) is 104 Å². The highest BCUT2D eigenvalue weighted by Crippen LogP contribution is 2.27. The van der Waals surface area contributed by atoms with Gasteiger partial charge in [0.25, 0.3) is 5.89 Å². The van der Waals surface area contributed by atoms with Gasteiger partial charge in [-0.05, 0) is 37.1 Å². The van der Waals surface area contributed by atoms with Crippen molar-refractivity contribution in [3.63, 3.8) is 0 Å². The molecule has 154 valence electrons. The van der Waals surface area contributed by atoms with E-state index in [0.717, 1.165) is 17.0 Å². The number of hydrogen-bond acceptors (Lipinski definition) is 7. The van der Waals surface area contributed by atoms with Crippen LogP contribution in [0.1, 0.15) is 23.6 Å². The van der Waals surface area contributed by atoms with Gasteiger partial charge in [0.1, 0.15) is 5.69 Å². The first-order valence-corrected chi connectivity index (χ1v) is 9.31. The Balaban J connectivity index is 1.45. The monoisotopic (exact) mass is 399 g/mol. The number of methoxy groups -OCH3 is 2. The van der Waals surface area contributed by atoms with Gasteiger partial charge in [-0.2, -0.15) is 5.10 Å². The third-order valence-electron chi connectivity index (χ3n) is 4.44. The molecule has 0 unspecified atom stereocenters. The molecule has 0 saturated heterocycles. The zero-order chi connectivity index (χ0) is 20.8. The molecule has 3 rings (SSSR count). The Kier molecular flexibility index (Phi) is 6.48. The van der Waals surface area contributed by atoms with E-state index in [2.05, 4.69) is 20.6 Å². The fourth-order valence-corrected chi connectivity index (χ4v) is 2.96. The van der Waals surface area contributed by atoms with E-state index >= 15 is 0 Å². The number of nitrogens with one attached hydrogen (secondary N) is 1. The van der Waals surface area contributed by atoms with Crippen molar-refractivity contribution in [1.82, 2.24) is 25.3 Å². The summed E-state index contributed by atoms with van der Waals surface area (Å²) in [5.74, 6) is 2.11. The summed E-state index contributed by atoms with van der Waals surface area (Å²) in [6.07, 6.45) is 1.35. The molecule has 0 radical (unpaired) electrons. The SMILES string of the molecule is COc1ccc(CCNC(=O)CCc2nnc(-c3cc(C)nn3C)o2)cc1OC. The summed E-state index contributed by atoms with van der Waals surface area (Å²) in [5, 5.41) is 15.2. The van der Waals surface area contributed by atoms with E-state index in [1.807, 2.05) is 38.2 Å². The molecule has 0 aliphatic rings. The highest BCUT2D eigenvalue weighted by molar-refractivity contribution is 5.76. The maximum absolute atomic E-state index is 12.1. The quantitative estimate of drug-likeness (QED) is 0.587. The Bertz CT molecular complexity index is 979. The molecule has 1 aromatic carbocycles. The van der Waals surface area contributed by atoms with Gasteiger partial charge >= 0.3 is 0 Å². The van der Waals surface area contributed by atoms with Crippen LogP contribution in [-0.4, -0.2) is 46.6 Å². The number of aryl methyl sites for hydroxylation is 3. The number of carbonyl (C=O) groups excluding carboxylic acids is 1. The minimum atomic E-state index is -0.0680. The van der Waals surface area contributed by atoms with E-state index in [-0.39, 0.29) is 12.3 Å². The number of hydrogen-bond donors (Lipinski definition) is 1. The van der Waals surface area contributed by atoms with Crippen molar-refractivity contribution in [3.05, 3.63) is 41.4 Å². The third kappa shape index (κ3) is 5.13. The molecule has 0 fully saturated rings. The number of ether oxygens (including phenoxy) is 2. The Labute approximate surface area is 169 Å². The zero-order valence-corrected chi connectivity index (χ0v) is 17.1. The molecule has 2 aromatic heterocycles.